The first-order valence-electron chi connectivity index (χ1n) is 4.66. The number of hydrogen-bond acceptors (Lipinski definition) is 3. The van der Waals surface area contributed by atoms with Crippen molar-refractivity contribution in [1.82, 2.24) is 4.98 Å². The van der Waals surface area contributed by atoms with Gasteiger partial charge in [0.1, 0.15) is 11.7 Å². The zero-order valence-corrected chi connectivity index (χ0v) is 8.62. The van der Waals surface area contributed by atoms with Gasteiger partial charge in [0.25, 0.3) is 0 Å². The van der Waals surface area contributed by atoms with Crippen LogP contribution in [0, 0.1) is 5.41 Å². The van der Waals surface area contributed by atoms with E-state index in [0.29, 0.717) is 5.56 Å². The van der Waals surface area contributed by atoms with E-state index in [0.717, 1.165) is 18.8 Å². The fourth-order valence-electron chi connectivity index (χ4n) is 1.22. The van der Waals surface area contributed by atoms with Gasteiger partial charge in [-0.2, -0.15) is 0 Å². The molecule has 0 bridgehead atoms. The lowest BCUT2D eigenvalue weighted by Crippen LogP contribution is -2.19. The number of nitrogen functional groups attached to an aromatic ring is 1. The van der Waals surface area contributed by atoms with E-state index in [1.165, 1.54) is 0 Å². The van der Waals surface area contributed by atoms with Crippen LogP contribution in [0.1, 0.15) is 18.9 Å². The van der Waals surface area contributed by atoms with Crippen molar-refractivity contribution in [3.63, 3.8) is 0 Å². The highest BCUT2D eigenvalue weighted by molar-refractivity contribution is 5.94. The number of amidine groups is 1. The van der Waals surface area contributed by atoms with Crippen molar-refractivity contribution in [3.8, 4) is 0 Å². The normalized spacial score (nSPS) is 9.86. The molecule has 0 amide bonds. The molecule has 0 aliphatic heterocycles. The van der Waals surface area contributed by atoms with Gasteiger partial charge < -0.3 is 10.6 Å². The molecule has 0 saturated carbocycles. The van der Waals surface area contributed by atoms with Crippen molar-refractivity contribution in [1.29, 1.82) is 5.41 Å². The molecule has 1 aromatic heterocycles. The zero-order valence-electron chi connectivity index (χ0n) is 8.62. The summed E-state index contributed by atoms with van der Waals surface area (Å²) in [5.74, 6) is 0.971. The van der Waals surface area contributed by atoms with Crippen LogP contribution in [0.25, 0.3) is 0 Å². The van der Waals surface area contributed by atoms with Gasteiger partial charge in [-0.1, -0.05) is 6.92 Å². The van der Waals surface area contributed by atoms with E-state index >= 15 is 0 Å². The molecule has 0 aromatic carbocycles. The SMILES string of the molecule is CCCN(C)c1ccc(C(=N)N)cn1. The number of rotatable bonds is 4. The second-order valence-electron chi connectivity index (χ2n) is 3.24. The Morgan fingerprint density at radius 2 is 2.29 bits per heavy atom. The third-order valence-electron chi connectivity index (χ3n) is 2.01. The molecule has 76 valence electrons. The van der Waals surface area contributed by atoms with Crippen LogP contribution in [-0.2, 0) is 0 Å². The van der Waals surface area contributed by atoms with Gasteiger partial charge in [0, 0.05) is 25.4 Å². The molecule has 0 radical (unpaired) electrons. The molecule has 1 heterocycles. The van der Waals surface area contributed by atoms with E-state index < -0.39 is 0 Å². The molecule has 0 atom stereocenters. The average Bonchev–Trinajstić information content (AvgIpc) is 2.18. The number of aromatic nitrogens is 1. The summed E-state index contributed by atoms with van der Waals surface area (Å²) in [4.78, 5) is 6.30. The highest BCUT2D eigenvalue weighted by atomic mass is 15.2. The van der Waals surface area contributed by atoms with E-state index in [9.17, 15) is 0 Å². The van der Waals surface area contributed by atoms with Gasteiger partial charge >= 0.3 is 0 Å². The quantitative estimate of drug-likeness (QED) is 0.556. The number of anilines is 1. The van der Waals surface area contributed by atoms with Crippen LogP contribution >= 0.6 is 0 Å². The third kappa shape index (κ3) is 2.45. The van der Waals surface area contributed by atoms with Crippen LogP contribution in [0.5, 0.6) is 0 Å². The largest absolute Gasteiger partial charge is 0.384 e. The Labute approximate surface area is 84.3 Å². The maximum atomic E-state index is 7.22. The molecule has 4 heteroatoms. The Bertz CT molecular complexity index is 304. The predicted molar refractivity (Wildman–Crippen MR) is 58.8 cm³/mol. The Morgan fingerprint density at radius 1 is 1.57 bits per heavy atom. The predicted octanol–water partition coefficient (Wildman–Crippen LogP) is 1.21. The first-order valence-corrected chi connectivity index (χ1v) is 4.66. The van der Waals surface area contributed by atoms with Gasteiger partial charge in [-0.15, -0.1) is 0 Å². The molecule has 1 rings (SSSR count). The lowest BCUT2D eigenvalue weighted by molar-refractivity contribution is 0.837. The van der Waals surface area contributed by atoms with Gasteiger partial charge in [-0.3, -0.25) is 5.41 Å². The first kappa shape index (κ1) is 10.5. The summed E-state index contributed by atoms with van der Waals surface area (Å²) in [6.07, 6.45) is 2.72. The molecule has 0 aliphatic carbocycles. The molecule has 3 N–H and O–H groups in total. The van der Waals surface area contributed by atoms with Gasteiger partial charge in [-0.05, 0) is 18.6 Å². The monoisotopic (exact) mass is 192 g/mol. The Balaban J connectivity index is 2.77. The lowest BCUT2D eigenvalue weighted by Gasteiger charge is -2.16. The highest BCUT2D eigenvalue weighted by Gasteiger charge is 2.01. The van der Waals surface area contributed by atoms with Crippen LogP contribution in [0.2, 0.25) is 0 Å². The van der Waals surface area contributed by atoms with Crippen molar-refractivity contribution in [2.75, 3.05) is 18.5 Å². The van der Waals surface area contributed by atoms with E-state index in [1.807, 2.05) is 19.2 Å². The van der Waals surface area contributed by atoms with Crippen molar-refractivity contribution >= 4 is 11.7 Å². The van der Waals surface area contributed by atoms with Crippen LogP contribution in [-0.4, -0.2) is 24.4 Å². The van der Waals surface area contributed by atoms with E-state index in [-0.39, 0.29) is 5.84 Å². The Morgan fingerprint density at radius 3 is 2.71 bits per heavy atom. The van der Waals surface area contributed by atoms with Gasteiger partial charge in [-0.25, -0.2) is 4.98 Å². The highest BCUT2D eigenvalue weighted by Crippen LogP contribution is 2.09. The summed E-state index contributed by atoms with van der Waals surface area (Å²) in [7, 11) is 2.00. The number of nitrogens with one attached hydrogen (secondary N) is 1. The van der Waals surface area contributed by atoms with Gasteiger partial charge in [0.05, 0.1) is 0 Å². The van der Waals surface area contributed by atoms with Crippen molar-refractivity contribution in [2.24, 2.45) is 5.73 Å². The number of hydrogen-bond donors (Lipinski definition) is 2. The molecule has 0 aliphatic rings. The molecule has 0 saturated heterocycles. The van der Waals surface area contributed by atoms with E-state index in [2.05, 4.69) is 16.8 Å². The second kappa shape index (κ2) is 4.60. The molecule has 4 nitrogen and oxygen atoms in total. The average molecular weight is 192 g/mol. The van der Waals surface area contributed by atoms with Crippen LogP contribution < -0.4 is 10.6 Å². The molecule has 0 unspecified atom stereocenters. The number of pyridine rings is 1. The molecule has 1 aromatic rings. The summed E-state index contributed by atoms with van der Waals surface area (Å²) in [6, 6.07) is 3.70. The van der Waals surface area contributed by atoms with Crippen molar-refractivity contribution < 1.29 is 0 Å². The molecule has 0 fully saturated rings. The molecular weight excluding hydrogens is 176 g/mol. The topological polar surface area (TPSA) is 66.0 Å². The molecular formula is C10H16N4. The lowest BCUT2D eigenvalue weighted by atomic mass is 10.2. The second-order valence-corrected chi connectivity index (χ2v) is 3.24. The minimum Gasteiger partial charge on any atom is -0.384 e. The van der Waals surface area contributed by atoms with Crippen LogP contribution in [0.15, 0.2) is 18.3 Å². The smallest absolute Gasteiger partial charge is 0.128 e. The van der Waals surface area contributed by atoms with Gasteiger partial charge in [0.2, 0.25) is 0 Å². The zero-order chi connectivity index (χ0) is 10.6. The summed E-state index contributed by atoms with van der Waals surface area (Å²) in [5, 5.41) is 7.22. The Hall–Kier alpha value is -1.58. The fourth-order valence-corrected chi connectivity index (χ4v) is 1.22. The van der Waals surface area contributed by atoms with E-state index in [4.69, 9.17) is 11.1 Å². The van der Waals surface area contributed by atoms with Crippen LogP contribution in [0.3, 0.4) is 0 Å². The Kier molecular flexibility index (Phi) is 3.45. The van der Waals surface area contributed by atoms with E-state index in [1.54, 1.807) is 6.20 Å². The minimum atomic E-state index is 0.0576. The summed E-state index contributed by atoms with van der Waals surface area (Å²) in [5.41, 5.74) is 5.99. The number of nitrogens with two attached hydrogens (primary N) is 1. The summed E-state index contributed by atoms with van der Waals surface area (Å²) < 4.78 is 0. The van der Waals surface area contributed by atoms with Crippen LogP contribution in [0.4, 0.5) is 5.82 Å². The maximum absolute atomic E-state index is 7.22. The number of nitrogens with zero attached hydrogens (tertiary/aromatic N) is 2. The molecule has 0 spiro atoms. The van der Waals surface area contributed by atoms with Crippen molar-refractivity contribution in [2.45, 2.75) is 13.3 Å². The standard InChI is InChI=1S/C10H16N4/c1-3-6-14(2)9-5-4-8(7-13-9)10(11)12/h4-5,7H,3,6H2,1-2H3,(H3,11,12). The summed E-state index contributed by atoms with van der Waals surface area (Å²) in [6.45, 7) is 3.10. The van der Waals surface area contributed by atoms with Crippen molar-refractivity contribution in [3.05, 3.63) is 23.9 Å². The first-order chi connectivity index (χ1) is 6.65. The minimum absolute atomic E-state index is 0.0576. The maximum Gasteiger partial charge on any atom is 0.128 e. The third-order valence-corrected chi connectivity index (χ3v) is 2.01. The van der Waals surface area contributed by atoms with Gasteiger partial charge in [0.15, 0.2) is 0 Å². The fraction of sp³-hybridized carbons (Fsp3) is 0.400. The molecule has 14 heavy (non-hydrogen) atoms. The summed E-state index contributed by atoms with van der Waals surface area (Å²) >= 11 is 0.